The van der Waals surface area contributed by atoms with Crippen molar-refractivity contribution in [1.29, 1.82) is 0 Å². The van der Waals surface area contributed by atoms with Crippen molar-refractivity contribution in [2.45, 2.75) is 44.8 Å². The molecule has 0 radical (unpaired) electrons. The van der Waals surface area contributed by atoms with Crippen LogP contribution in [0.25, 0.3) is 0 Å². The van der Waals surface area contributed by atoms with Crippen molar-refractivity contribution in [3.8, 4) is 0 Å². The van der Waals surface area contributed by atoms with E-state index in [1.807, 2.05) is 0 Å². The van der Waals surface area contributed by atoms with Crippen LogP contribution < -0.4 is 10.6 Å². The number of benzene rings is 1. The minimum atomic E-state index is 0. The molecule has 3 rings (SSSR count). The number of ether oxygens (including phenoxy) is 1. The van der Waals surface area contributed by atoms with E-state index in [2.05, 4.69) is 52.8 Å². The molecule has 0 aromatic heterocycles. The van der Waals surface area contributed by atoms with Gasteiger partial charge in [0.15, 0.2) is 5.96 Å². The molecule has 1 aromatic carbocycles. The van der Waals surface area contributed by atoms with Gasteiger partial charge in [-0.05, 0) is 44.7 Å². The first kappa shape index (κ1) is 21.4. The van der Waals surface area contributed by atoms with Crippen molar-refractivity contribution in [1.82, 2.24) is 15.5 Å². The largest absolute Gasteiger partial charge is 0.373 e. The molecular weight excluding hydrogens is 439 g/mol. The zero-order chi connectivity index (χ0) is 17.3. The number of morpholine rings is 1. The van der Waals surface area contributed by atoms with Crippen LogP contribution in [-0.4, -0.2) is 62.3 Å². The highest BCUT2D eigenvalue weighted by Gasteiger charge is 2.31. The molecule has 0 spiro atoms. The SMILES string of the molecule is CCNC(=NCC1CN2CCCC2CO1)NCCCc1ccccc1.I. The number of nitrogens with zero attached hydrogens (tertiary/aromatic N) is 2. The van der Waals surface area contributed by atoms with Crippen molar-refractivity contribution in [2.75, 3.05) is 39.3 Å². The lowest BCUT2D eigenvalue weighted by molar-refractivity contribution is -0.0432. The molecule has 1 aromatic rings. The van der Waals surface area contributed by atoms with E-state index in [1.54, 1.807) is 0 Å². The van der Waals surface area contributed by atoms with Crippen molar-refractivity contribution < 1.29 is 4.74 Å². The van der Waals surface area contributed by atoms with Gasteiger partial charge in [0, 0.05) is 25.7 Å². The molecule has 2 unspecified atom stereocenters. The molecule has 2 fully saturated rings. The Morgan fingerprint density at radius 3 is 2.92 bits per heavy atom. The molecular formula is C20H33IN4O. The molecule has 146 valence electrons. The zero-order valence-electron chi connectivity index (χ0n) is 15.8. The number of fused-ring (bicyclic) bond motifs is 1. The van der Waals surface area contributed by atoms with E-state index in [0.29, 0.717) is 6.04 Å². The third-order valence-corrected chi connectivity index (χ3v) is 5.04. The van der Waals surface area contributed by atoms with E-state index >= 15 is 0 Å². The Hall–Kier alpha value is -0.860. The second-order valence-electron chi connectivity index (χ2n) is 6.98. The number of hydrogen-bond donors (Lipinski definition) is 2. The summed E-state index contributed by atoms with van der Waals surface area (Å²) in [6, 6.07) is 11.3. The van der Waals surface area contributed by atoms with Crippen LogP contribution >= 0.6 is 24.0 Å². The number of nitrogens with one attached hydrogen (secondary N) is 2. The number of halogens is 1. The highest BCUT2D eigenvalue weighted by molar-refractivity contribution is 14.0. The van der Waals surface area contributed by atoms with Gasteiger partial charge in [0.1, 0.15) is 0 Å². The highest BCUT2D eigenvalue weighted by Crippen LogP contribution is 2.22. The molecule has 2 atom stereocenters. The summed E-state index contributed by atoms with van der Waals surface area (Å²) < 4.78 is 6.00. The Kier molecular flexibility index (Phi) is 9.71. The summed E-state index contributed by atoms with van der Waals surface area (Å²) in [6.07, 6.45) is 5.03. The Bertz CT molecular complexity index is 540. The number of guanidine groups is 1. The molecule has 0 bridgehead atoms. The maximum atomic E-state index is 6.00. The van der Waals surface area contributed by atoms with Gasteiger partial charge in [-0.3, -0.25) is 9.89 Å². The fourth-order valence-electron chi connectivity index (χ4n) is 3.67. The molecule has 2 heterocycles. The lowest BCUT2D eigenvalue weighted by Crippen LogP contribution is -2.47. The first-order chi connectivity index (χ1) is 12.3. The Morgan fingerprint density at radius 2 is 2.12 bits per heavy atom. The smallest absolute Gasteiger partial charge is 0.191 e. The van der Waals surface area contributed by atoms with Gasteiger partial charge >= 0.3 is 0 Å². The summed E-state index contributed by atoms with van der Waals surface area (Å²) in [6.45, 7) is 7.78. The summed E-state index contributed by atoms with van der Waals surface area (Å²) in [4.78, 5) is 7.31. The van der Waals surface area contributed by atoms with Gasteiger partial charge in [-0.25, -0.2) is 0 Å². The van der Waals surface area contributed by atoms with Gasteiger partial charge in [-0.15, -0.1) is 24.0 Å². The van der Waals surface area contributed by atoms with E-state index in [1.165, 1.54) is 24.9 Å². The normalized spacial score (nSPS) is 23.2. The minimum absolute atomic E-state index is 0. The average Bonchev–Trinajstić information content (AvgIpc) is 3.12. The molecule has 5 nitrogen and oxygen atoms in total. The lowest BCUT2D eigenvalue weighted by atomic mass is 10.1. The molecule has 6 heteroatoms. The molecule has 0 saturated carbocycles. The van der Waals surface area contributed by atoms with Crippen LogP contribution in [0.1, 0.15) is 31.7 Å². The third kappa shape index (κ3) is 6.70. The Morgan fingerprint density at radius 1 is 1.27 bits per heavy atom. The van der Waals surface area contributed by atoms with Crippen molar-refractivity contribution in [2.24, 2.45) is 4.99 Å². The van der Waals surface area contributed by atoms with Crippen LogP contribution in [0.3, 0.4) is 0 Å². The lowest BCUT2D eigenvalue weighted by Gasteiger charge is -2.34. The first-order valence-electron chi connectivity index (χ1n) is 9.77. The van der Waals surface area contributed by atoms with Gasteiger partial charge in [-0.2, -0.15) is 0 Å². The summed E-state index contributed by atoms with van der Waals surface area (Å²) in [5.41, 5.74) is 1.39. The van der Waals surface area contributed by atoms with Crippen LogP contribution in [0, 0.1) is 0 Å². The Labute approximate surface area is 175 Å². The summed E-state index contributed by atoms with van der Waals surface area (Å²) in [5.74, 6) is 0.905. The Balaban J connectivity index is 0.00000243. The van der Waals surface area contributed by atoms with Gasteiger partial charge in [0.2, 0.25) is 0 Å². The van der Waals surface area contributed by atoms with Gasteiger partial charge in [-0.1, -0.05) is 30.3 Å². The van der Waals surface area contributed by atoms with E-state index in [9.17, 15) is 0 Å². The van der Waals surface area contributed by atoms with Crippen LogP contribution in [0.4, 0.5) is 0 Å². The molecule has 26 heavy (non-hydrogen) atoms. The molecule has 2 aliphatic heterocycles. The predicted octanol–water partition coefficient (Wildman–Crippen LogP) is 2.66. The predicted molar refractivity (Wildman–Crippen MR) is 118 cm³/mol. The molecule has 0 aliphatic carbocycles. The quantitative estimate of drug-likeness (QED) is 0.277. The van der Waals surface area contributed by atoms with Crippen LogP contribution in [-0.2, 0) is 11.2 Å². The van der Waals surface area contributed by atoms with Crippen LogP contribution in [0.5, 0.6) is 0 Å². The van der Waals surface area contributed by atoms with Gasteiger partial charge < -0.3 is 15.4 Å². The van der Waals surface area contributed by atoms with Crippen LogP contribution in [0.15, 0.2) is 35.3 Å². The van der Waals surface area contributed by atoms with E-state index in [4.69, 9.17) is 9.73 Å². The topological polar surface area (TPSA) is 48.9 Å². The maximum Gasteiger partial charge on any atom is 0.191 e. The van der Waals surface area contributed by atoms with Gasteiger partial charge in [0.05, 0.1) is 19.3 Å². The fourth-order valence-corrected chi connectivity index (χ4v) is 3.67. The second kappa shape index (κ2) is 11.8. The molecule has 2 aliphatic rings. The average molecular weight is 472 g/mol. The monoisotopic (exact) mass is 472 g/mol. The van der Waals surface area contributed by atoms with Crippen molar-refractivity contribution >= 4 is 29.9 Å². The van der Waals surface area contributed by atoms with Crippen molar-refractivity contribution in [3.63, 3.8) is 0 Å². The van der Waals surface area contributed by atoms with E-state index < -0.39 is 0 Å². The third-order valence-electron chi connectivity index (χ3n) is 5.04. The summed E-state index contributed by atoms with van der Waals surface area (Å²) >= 11 is 0. The minimum Gasteiger partial charge on any atom is -0.373 e. The molecule has 0 amide bonds. The highest BCUT2D eigenvalue weighted by atomic mass is 127. The number of aryl methyl sites for hydroxylation is 1. The zero-order valence-corrected chi connectivity index (χ0v) is 18.2. The second-order valence-corrected chi connectivity index (χ2v) is 6.98. The van der Waals surface area contributed by atoms with Crippen molar-refractivity contribution in [3.05, 3.63) is 35.9 Å². The number of hydrogen-bond acceptors (Lipinski definition) is 3. The fraction of sp³-hybridized carbons (Fsp3) is 0.650. The van der Waals surface area contributed by atoms with Gasteiger partial charge in [0.25, 0.3) is 0 Å². The van der Waals surface area contributed by atoms with E-state index in [-0.39, 0.29) is 30.1 Å². The first-order valence-corrected chi connectivity index (χ1v) is 9.77. The standard InChI is InChI=1S/C20H32N4O.HI/c1-2-21-20(22-12-6-10-17-8-4-3-5-9-17)23-14-19-15-24-13-7-11-18(24)16-25-19;/h3-5,8-9,18-19H,2,6-7,10-16H2,1H3,(H2,21,22,23);1H. The number of aliphatic imine (C=N–C) groups is 1. The molecule has 2 N–H and O–H groups in total. The van der Waals surface area contributed by atoms with E-state index in [0.717, 1.165) is 51.6 Å². The van der Waals surface area contributed by atoms with Crippen LogP contribution in [0.2, 0.25) is 0 Å². The maximum absolute atomic E-state index is 6.00. The summed E-state index contributed by atoms with van der Waals surface area (Å²) in [5, 5.41) is 6.78. The summed E-state index contributed by atoms with van der Waals surface area (Å²) in [7, 11) is 0. The number of rotatable bonds is 7. The molecule has 2 saturated heterocycles.